The molecular formula is C19H21N5O3S3. The molecule has 4 rings (SSSR count). The zero-order chi connectivity index (χ0) is 21.1. The van der Waals surface area contributed by atoms with Crippen LogP contribution < -0.4 is 0 Å². The van der Waals surface area contributed by atoms with Gasteiger partial charge in [-0.15, -0.1) is 16.4 Å². The van der Waals surface area contributed by atoms with E-state index in [0.29, 0.717) is 18.1 Å². The van der Waals surface area contributed by atoms with Gasteiger partial charge in [-0.1, -0.05) is 35.5 Å². The van der Waals surface area contributed by atoms with E-state index in [1.165, 1.54) is 11.8 Å². The number of amides is 1. The highest BCUT2D eigenvalue weighted by Gasteiger charge is 2.35. The summed E-state index contributed by atoms with van der Waals surface area (Å²) in [5.41, 5.74) is 1.95. The summed E-state index contributed by atoms with van der Waals surface area (Å²) >= 11 is 2.81. The summed E-state index contributed by atoms with van der Waals surface area (Å²) in [6.07, 6.45) is 0.477. The highest BCUT2D eigenvalue weighted by atomic mass is 32.2. The molecule has 158 valence electrons. The smallest absolute Gasteiger partial charge is 0.233 e. The van der Waals surface area contributed by atoms with E-state index in [-0.39, 0.29) is 29.2 Å². The van der Waals surface area contributed by atoms with E-state index in [1.807, 2.05) is 48.7 Å². The van der Waals surface area contributed by atoms with E-state index in [0.717, 1.165) is 16.1 Å². The van der Waals surface area contributed by atoms with Crippen molar-refractivity contribution in [3.05, 3.63) is 52.2 Å². The van der Waals surface area contributed by atoms with E-state index in [9.17, 15) is 13.2 Å². The summed E-state index contributed by atoms with van der Waals surface area (Å²) in [5.74, 6) is 0.170. The van der Waals surface area contributed by atoms with Crippen LogP contribution in [-0.2, 0) is 21.2 Å². The van der Waals surface area contributed by atoms with Gasteiger partial charge < -0.3 is 4.90 Å². The van der Waals surface area contributed by atoms with E-state index in [1.54, 1.807) is 20.9 Å². The van der Waals surface area contributed by atoms with Gasteiger partial charge in [0.25, 0.3) is 0 Å². The number of sulfone groups is 1. The maximum atomic E-state index is 13.1. The molecule has 3 aromatic rings. The molecule has 1 aromatic carbocycles. The first kappa shape index (κ1) is 21.0. The molecule has 0 N–H and O–H groups in total. The number of benzene rings is 1. The molecule has 0 saturated carbocycles. The summed E-state index contributed by atoms with van der Waals surface area (Å²) in [4.78, 5) is 15.8. The SMILES string of the molecule is Cc1ccc(-n2nnnc2SCC(=O)N(Cc2cccs2)[C@H]2CCS(=O)(=O)C2)cc1. The molecule has 1 fully saturated rings. The van der Waals surface area contributed by atoms with Crippen LogP contribution in [0, 0.1) is 6.92 Å². The van der Waals surface area contributed by atoms with Gasteiger partial charge in [-0.2, -0.15) is 4.68 Å². The Kier molecular flexibility index (Phi) is 6.21. The number of aryl methyl sites for hydroxylation is 1. The fraction of sp³-hybridized carbons (Fsp3) is 0.368. The molecule has 2 aromatic heterocycles. The van der Waals surface area contributed by atoms with Gasteiger partial charge in [-0.05, 0) is 47.4 Å². The summed E-state index contributed by atoms with van der Waals surface area (Å²) in [5, 5.41) is 14.3. The molecule has 0 spiro atoms. The highest BCUT2D eigenvalue weighted by Crippen LogP contribution is 2.25. The largest absolute Gasteiger partial charge is 0.333 e. The Morgan fingerprint density at radius 2 is 2.10 bits per heavy atom. The third kappa shape index (κ3) is 4.90. The van der Waals surface area contributed by atoms with Gasteiger partial charge in [-0.25, -0.2) is 8.42 Å². The van der Waals surface area contributed by atoms with Crippen molar-refractivity contribution in [2.45, 2.75) is 31.1 Å². The summed E-state index contributed by atoms with van der Waals surface area (Å²) < 4.78 is 25.5. The minimum atomic E-state index is -3.09. The van der Waals surface area contributed by atoms with Crippen molar-refractivity contribution in [2.75, 3.05) is 17.3 Å². The number of carbonyl (C=O) groups excluding carboxylic acids is 1. The quantitative estimate of drug-likeness (QED) is 0.496. The van der Waals surface area contributed by atoms with Gasteiger partial charge in [0.1, 0.15) is 0 Å². The lowest BCUT2D eigenvalue weighted by Crippen LogP contribution is -2.41. The van der Waals surface area contributed by atoms with Gasteiger partial charge in [0, 0.05) is 10.9 Å². The molecule has 1 aliphatic heterocycles. The summed E-state index contributed by atoms with van der Waals surface area (Å²) in [6.45, 7) is 2.42. The summed E-state index contributed by atoms with van der Waals surface area (Å²) in [7, 11) is -3.09. The van der Waals surface area contributed by atoms with Crippen LogP contribution in [-0.4, -0.2) is 62.7 Å². The Hall–Kier alpha value is -2.24. The molecular weight excluding hydrogens is 442 g/mol. The van der Waals surface area contributed by atoms with Crippen molar-refractivity contribution in [1.82, 2.24) is 25.1 Å². The third-order valence-electron chi connectivity index (χ3n) is 4.92. The van der Waals surface area contributed by atoms with Crippen molar-refractivity contribution >= 4 is 38.8 Å². The Labute approximate surface area is 183 Å². The Morgan fingerprint density at radius 3 is 2.77 bits per heavy atom. The third-order valence-corrected chi connectivity index (χ3v) is 8.44. The van der Waals surface area contributed by atoms with Gasteiger partial charge in [0.05, 0.1) is 29.5 Å². The standard InChI is InChI=1S/C19H21N5O3S3/c1-14-4-6-15(7-5-14)24-19(20-21-22-24)29-12-18(25)23(11-17-3-2-9-28-17)16-8-10-30(26,27)13-16/h2-7,9,16H,8,10-13H2,1H3/t16-/m0/s1. The second kappa shape index (κ2) is 8.86. The minimum absolute atomic E-state index is 0.0237. The Morgan fingerprint density at radius 1 is 1.30 bits per heavy atom. The first-order chi connectivity index (χ1) is 14.4. The topological polar surface area (TPSA) is 98.1 Å². The number of hydrogen-bond donors (Lipinski definition) is 0. The number of tetrazole rings is 1. The molecule has 0 radical (unpaired) electrons. The van der Waals surface area contributed by atoms with E-state index in [4.69, 9.17) is 0 Å². The molecule has 8 nitrogen and oxygen atoms in total. The Bertz CT molecular complexity index is 1110. The lowest BCUT2D eigenvalue weighted by molar-refractivity contribution is -0.130. The highest BCUT2D eigenvalue weighted by molar-refractivity contribution is 7.99. The van der Waals surface area contributed by atoms with Gasteiger partial charge in [-0.3, -0.25) is 4.79 Å². The van der Waals surface area contributed by atoms with Crippen molar-refractivity contribution in [3.8, 4) is 5.69 Å². The molecule has 3 heterocycles. The molecule has 0 aliphatic carbocycles. The van der Waals surface area contributed by atoms with Crippen molar-refractivity contribution < 1.29 is 13.2 Å². The van der Waals surface area contributed by atoms with Crippen molar-refractivity contribution in [2.24, 2.45) is 0 Å². The van der Waals surface area contributed by atoms with Gasteiger partial charge in [0.2, 0.25) is 11.1 Å². The molecule has 1 amide bonds. The Balaban J connectivity index is 1.48. The number of rotatable bonds is 7. The minimum Gasteiger partial charge on any atom is -0.333 e. The van der Waals surface area contributed by atoms with Crippen LogP contribution in [0.1, 0.15) is 16.9 Å². The van der Waals surface area contributed by atoms with Gasteiger partial charge in [0.15, 0.2) is 9.84 Å². The lowest BCUT2D eigenvalue weighted by atomic mass is 10.2. The number of carbonyl (C=O) groups is 1. The number of hydrogen-bond acceptors (Lipinski definition) is 8. The number of nitrogens with zero attached hydrogens (tertiary/aromatic N) is 5. The molecule has 1 atom stereocenters. The number of thioether (sulfide) groups is 1. The number of thiophene rings is 1. The monoisotopic (exact) mass is 463 g/mol. The maximum Gasteiger partial charge on any atom is 0.233 e. The van der Waals surface area contributed by atoms with Crippen LogP contribution in [0.4, 0.5) is 0 Å². The van der Waals surface area contributed by atoms with E-state index < -0.39 is 9.84 Å². The molecule has 1 saturated heterocycles. The van der Waals surface area contributed by atoms with Gasteiger partial charge >= 0.3 is 0 Å². The van der Waals surface area contributed by atoms with E-state index >= 15 is 0 Å². The van der Waals surface area contributed by atoms with Crippen LogP contribution in [0.25, 0.3) is 5.69 Å². The maximum absolute atomic E-state index is 13.1. The van der Waals surface area contributed by atoms with Crippen LogP contribution >= 0.6 is 23.1 Å². The first-order valence-electron chi connectivity index (χ1n) is 9.42. The molecule has 1 aliphatic rings. The molecule has 0 bridgehead atoms. The zero-order valence-corrected chi connectivity index (χ0v) is 18.8. The fourth-order valence-electron chi connectivity index (χ4n) is 3.34. The number of aromatic nitrogens is 4. The second-order valence-electron chi connectivity index (χ2n) is 7.16. The van der Waals surface area contributed by atoms with Crippen molar-refractivity contribution in [3.63, 3.8) is 0 Å². The van der Waals surface area contributed by atoms with Crippen LogP contribution in [0.5, 0.6) is 0 Å². The molecule has 11 heteroatoms. The average molecular weight is 464 g/mol. The van der Waals surface area contributed by atoms with Crippen molar-refractivity contribution in [1.29, 1.82) is 0 Å². The van der Waals surface area contributed by atoms with Crippen LogP contribution in [0.2, 0.25) is 0 Å². The predicted octanol–water partition coefficient (Wildman–Crippen LogP) is 2.34. The average Bonchev–Trinajstić information content (AvgIpc) is 3.46. The van der Waals surface area contributed by atoms with Crippen LogP contribution in [0.3, 0.4) is 0 Å². The van der Waals surface area contributed by atoms with E-state index in [2.05, 4.69) is 15.5 Å². The normalized spacial score (nSPS) is 17.8. The second-order valence-corrected chi connectivity index (χ2v) is 11.4. The summed E-state index contributed by atoms with van der Waals surface area (Å²) in [6, 6.07) is 11.4. The lowest BCUT2D eigenvalue weighted by Gasteiger charge is -2.27. The molecule has 0 unspecified atom stereocenters. The first-order valence-corrected chi connectivity index (χ1v) is 13.1. The van der Waals surface area contributed by atoms with Crippen LogP contribution in [0.15, 0.2) is 46.9 Å². The predicted molar refractivity (Wildman–Crippen MR) is 117 cm³/mol. The molecule has 30 heavy (non-hydrogen) atoms. The zero-order valence-electron chi connectivity index (χ0n) is 16.3. The fourth-order valence-corrected chi connectivity index (χ4v) is 6.55.